The van der Waals surface area contributed by atoms with Crippen molar-refractivity contribution in [3.05, 3.63) is 89.7 Å². The van der Waals surface area contributed by atoms with Gasteiger partial charge in [-0.15, -0.1) is 0 Å². The minimum absolute atomic E-state index is 0.445. The molecule has 1 atom stereocenters. The number of ether oxygens (including phenoxy) is 2. The van der Waals surface area contributed by atoms with Crippen molar-refractivity contribution in [2.45, 2.75) is 31.9 Å². The molecule has 2 heterocycles. The van der Waals surface area contributed by atoms with Gasteiger partial charge in [-0.3, -0.25) is 4.79 Å². The predicted octanol–water partition coefficient (Wildman–Crippen LogP) is 5.91. The SMILES string of the molecule is Cc1ccc(C(CC(=O)OC(=O)C(F)(F)F)c2c[nH]c3cc(OCCCNc4ccccn4)ccc23)cc1. The number of rotatable bonds is 10. The van der Waals surface area contributed by atoms with E-state index in [1.54, 1.807) is 30.6 Å². The molecule has 0 aliphatic rings. The second-order valence-corrected chi connectivity index (χ2v) is 8.72. The molecular formula is C28H26F3N3O4. The molecule has 10 heteroatoms. The molecule has 0 spiro atoms. The van der Waals surface area contributed by atoms with Crippen LogP contribution in [0.15, 0.2) is 73.1 Å². The molecule has 198 valence electrons. The van der Waals surface area contributed by atoms with E-state index in [4.69, 9.17) is 4.74 Å². The summed E-state index contributed by atoms with van der Waals surface area (Å²) in [6.07, 6.45) is -1.53. The average Bonchev–Trinajstić information content (AvgIpc) is 3.31. The smallest absolute Gasteiger partial charge is 0.491 e. The summed E-state index contributed by atoms with van der Waals surface area (Å²) < 4.78 is 47.7. The van der Waals surface area contributed by atoms with Gasteiger partial charge in [0.1, 0.15) is 11.6 Å². The van der Waals surface area contributed by atoms with Crippen molar-refractivity contribution >= 4 is 28.7 Å². The molecule has 4 aromatic rings. The van der Waals surface area contributed by atoms with Crippen LogP contribution < -0.4 is 10.1 Å². The highest BCUT2D eigenvalue weighted by Gasteiger charge is 2.42. The quantitative estimate of drug-likeness (QED) is 0.152. The number of aromatic nitrogens is 2. The molecule has 0 saturated heterocycles. The monoisotopic (exact) mass is 525 g/mol. The Morgan fingerprint density at radius 2 is 1.87 bits per heavy atom. The van der Waals surface area contributed by atoms with E-state index in [0.717, 1.165) is 28.7 Å². The van der Waals surface area contributed by atoms with E-state index in [2.05, 4.69) is 20.0 Å². The van der Waals surface area contributed by atoms with E-state index in [1.807, 2.05) is 49.4 Å². The highest BCUT2D eigenvalue weighted by molar-refractivity contribution is 5.90. The molecule has 7 nitrogen and oxygen atoms in total. The Morgan fingerprint density at radius 3 is 2.58 bits per heavy atom. The van der Waals surface area contributed by atoms with Crippen LogP contribution in [-0.2, 0) is 14.3 Å². The Morgan fingerprint density at radius 1 is 1.08 bits per heavy atom. The van der Waals surface area contributed by atoms with E-state index in [0.29, 0.717) is 30.0 Å². The first-order chi connectivity index (χ1) is 18.2. The first kappa shape index (κ1) is 26.7. The number of esters is 2. The molecular weight excluding hydrogens is 499 g/mol. The number of nitrogens with zero attached hydrogens (tertiary/aromatic N) is 1. The first-order valence-corrected chi connectivity index (χ1v) is 12.0. The van der Waals surface area contributed by atoms with Gasteiger partial charge in [0.2, 0.25) is 0 Å². The highest BCUT2D eigenvalue weighted by atomic mass is 19.4. The summed E-state index contributed by atoms with van der Waals surface area (Å²) in [4.78, 5) is 30.8. The van der Waals surface area contributed by atoms with Crippen molar-refractivity contribution in [1.29, 1.82) is 0 Å². The number of alkyl halides is 3. The van der Waals surface area contributed by atoms with Crippen molar-refractivity contribution < 1.29 is 32.2 Å². The van der Waals surface area contributed by atoms with Gasteiger partial charge in [0.25, 0.3) is 0 Å². The minimum atomic E-state index is -5.25. The normalized spacial score (nSPS) is 12.2. The Balaban J connectivity index is 1.46. The van der Waals surface area contributed by atoms with Crippen LogP contribution in [0, 0.1) is 6.92 Å². The lowest BCUT2D eigenvalue weighted by atomic mass is 9.88. The number of anilines is 1. The highest BCUT2D eigenvalue weighted by Crippen LogP contribution is 2.35. The van der Waals surface area contributed by atoms with E-state index < -0.39 is 30.5 Å². The van der Waals surface area contributed by atoms with Crippen LogP contribution in [0.25, 0.3) is 10.9 Å². The van der Waals surface area contributed by atoms with Crippen LogP contribution in [0.5, 0.6) is 5.75 Å². The van der Waals surface area contributed by atoms with Gasteiger partial charge < -0.3 is 19.8 Å². The number of aryl methyl sites for hydroxylation is 1. The lowest BCUT2D eigenvalue weighted by molar-refractivity contribution is -0.201. The summed E-state index contributed by atoms with van der Waals surface area (Å²) >= 11 is 0. The Hall–Kier alpha value is -4.34. The van der Waals surface area contributed by atoms with Crippen LogP contribution in [0.2, 0.25) is 0 Å². The lowest BCUT2D eigenvalue weighted by Crippen LogP contribution is -2.28. The second kappa shape index (κ2) is 11.8. The van der Waals surface area contributed by atoms with Crippen molar-refractivity contribution in [2.75, 3.05) is 18.5 Å². The van der Waals surface area contributed by atoms with Crippen LogP contribution in [-0.4, -0.2) is 41.2 Å². The van der Waals surface area contributed by atoms with Gasteiger partial charge in [0.05, 0.1) is 13.0 Å². The van der Waals surface area contributed by atoms with Gasteiger partial charge in [-0.1, -0.05) is 35.9 Å². The molecule has 0 aliphatic heterocycles. The zero-order valence-electron chi connectivity index (χ0n) is 20.5. The fraction of sp³-hybridized carbons (Fsp3) is 0.250. The summed E-state index contributed by atoms with van der Waals surface area (Å²) in [7, 11) is 0. The fourth-order valence-corrected chi connectivity index (χ4v) is 4.03. The third-order valence-electron chi connectivity index (χ3n) is 5.91. The largest absolute Gasteiger partial charge is 0.493 e. The number of hydrogen-bond acceptors (Lipinski definition) is 6. The Labute approximate surface area is 217 Å². The zero-order valence-corrected chi connectivity index (χ0v) is 20.5. The van der Waals surface area contributed by atoms with Crippen LogP contribution in [0.3, 0.4) is 0 Å². The van der Waals surface area contributed by atoms with Gasteiger partial charge in [-0.25, -0.2) is 9.78 Å². The molecule has 0 saturated carbocycles. The number of carbonyl (C=O) groups excluding carboxylic acids is 2. The van der Waals surface area contributed by atoms with E-state index in [9.17, 15) is 22.8 Å². The predicted molar refractivity (Wildman–Crippen MR) is 136 cm³/mol. The van der Waals surface area contributed by atoms with Gasteiger partial charge in [-0.2, -0.15) is 13.2 Å². The van der Waals surface area contributed by atoms with Crippen molar-refractivity contribution in [2.24, 2.45) is 0 Å². The third kappa shape index (κ3) is 6.90. The number of halogens is 3. The van der Waals surface area contributed by atoms with Crippen LogP contribution >= 0.6 is 0 Å². The molecule has 2 aromatic carbocycles. The Kier molecular flexibility index (Phi) is 8.30. The van der Waals surface area contributed by atoms with Crippen molar-refractivity contribution in [3.63, 3.8) is 0 Å². The molecule has 0 radical (unpaired) electrons. The number of nitrogens with one attached hydrogen (secondary N) is 2. The molecule has 4 rings (SSSR count). The maximum atomic E-state index is 12.6. The maximum Gasteiger partial charge on any atom is 0.491 e. The molecule has 0 bridgehead atoms. The number of fused-ring (bicyclic) bond motifs is 1. The molecule has 0 fully saturated rings. The Bertz CT molecular complexity index is 1390. The van der Waals surface area contributed by atoms with Gasteiger partial charge >= 0.3 is 18.1 Å². The minimum Gasteiger partial charge on any atom is -0.493 e. The topological polar surface area (TPSA) is 93.3 Å². The van der Waals surface area contributed by atoms with Crippen molar-refractivity contribution in [3.8, 4) is 5.75 Å². The van der Waals surface area contributed by atoms with Gasteiger partial charge in [0.15, 0.2) is 0 Å². The molecule has 2 N–H and O–H groups in total. The lowest BCUT2D eigenvalue weighted by Gasteiger charge is -2.17. The van der Waals surface area contributed by atoms with Gasteiger partial charge in [0, 0.05) is 41.8 Å². The summed E-state index contributed by atoms with van der Waals surface area (Å²) in [6, 6.07) is 18.4. The maximum absolute atomic E-state index is 12.6. The zero-order chi connectivity index (χ0) is 27.1. The molecule has 38 heavy (non-hydrogen) atoms. The summed E-state index contributed by atoms with van der Waals surface area (Å²) in [5.74, 6) is -2.98. The molecule has 0 aliphatic carbocycles. The summed E-state index contributed by atoms with van der Waals surface area (Å²) in [6.45, 7) is 3.07. The van der Waals surface area contributed by atoms with E-state index in [1.165, 1.54) is 0 Å². The molecule has 2 aromatic heterocycles. The number of hydrogen-bond donors (Lipinski definition) is 2. The van der Waals surface area contributed by atoms with Crippen molar-refractivity contribution in [1.82, 2.24) is 9.97 Å². The fourth-order valence-electron chi connectivity index (χ4n) is 4.03. The summed E-state index contributed by atoms with van der Waals surface area (Å²) in [5.41, 5.74) is 3.11. The first-order valence-electron chi connectivity index (χ1n) is 12.0. The number of pyridine rings is 1. The number of aromatic amines is 1. The number of H-pyrrole nitrogens is 1. The van der Waals surface area contributed by atoms with E-state index >= 15 is 0 Å². The standard InChI is InChI=1S/C28H26F3N3O4/c1-18-6-8-19(9-7-18)22(16-26(35)38-27(36)28(29,30)31)23-17-34-24-15-20(10-11-21(23)24)37-14-4-13-33-25-5-2-3-12-32-25/h2-3,5-12,15,17,22,34H,4,13-14,16H2,1H3,(H,32,33). The van der Waals surface area contributed by atoms with Crippen LogP contribution in [0.4, 0.5) is 19.0 Å². The van der Waals surface area contributed by atoms with Crippen LogP contribution in [0.1, 0.15) is 35.4 Å². The third-order valence-corrected chi connectivity index (χ3v) is 5.91. The number of benzene rings is 2. The molecule has 1 unspecified atom stereocenters. The van der Waals surface area contributed by atoms with Gasteiger partial charge in [-0.05, 0) is 48.7 Å². The average molecular weight is 526 g/mol. The van der Waals surface area contributed by atoms with E-state index in [-0.39, 0.29) is 0 Å². The summed E-state index contributed by atoms with van der Waals surface area (Å²) in [5, 5.41) is 3.99. The second-order valence-electron chi connectivity index (χ2n) is 8.72. The molecule has 0 amide bonds. The number of carbonyl (C=O) groups is 2.